The number of hydrogen-bond acceptors (Lipinski definition) is 5. The van der Waals surface area contributed by atoms with Crippen LogP contribution in [0.15, 0.2) is 60.0 Å². The van der Waals surface area contributed by atoms with Gasteiger partial charge in [0.15, 0.2) is 5.69 Å². The molecule has 4 rings (SSSR count). The van der Waals surface area contributed by atoms with E-state index < -0.39 is 6.04 Å². The first kappa shape index (κ1) is 19.5. The van der Waals surface area contributed by atoms with Gasteiger partial charge in [0.05, 0.1) is 0 Å². The third-order valence-electron chi connectivity index (χ3n) is 4.78. The first-order valence-corrected chi connectivity index (χ1v) is 10.5. The Morgan fingerprint density at radius 1 is 1.14 bits per heavy atom. The van der Waals surface area contributed by atoms with Crippen molar-refractivity contribution in [3.8, 4) is 0 Å². The van der Waals surface area contributed by atoms with E-state index in [1.54, 1.807) is 34.5 Å². The quantitative estimate of drug-likeness (QED) is 0.622. The number of halogens is 1. The zero-order chi connectivity index (χ0) is 20.2. The van der Waals surface area contributed by atoms with Crippen molar-refractivity contribution in [3.05, 3.63) is 81.8 Å². The molecule has 1 aromatic heterocycles. The Bertz CT molecular complexity index is 976. The molecule has 2 amide bonds. The molecular formula is C21H19ClN4O2S. The van der Waals surface area contributed by atoms with Gasteiger partial charge >= 0.3 is 0 Å². The van der Waals surface area contributed by atoms with Crippen LogP contribution >= 0.6 is 23.1 Å². The van der Waals surface area contributed by atoms with E-state index in [9.17, 15) is 9.59 Å². The minimum absolute atomic E-state index is 0.00681. The van der Waals surface area contributed by atoms with Crippen LogP contribution in [0.4, 0.5) is 0 Å². The van der Waals surface area contributed by atoms with Crippen molar-refractivity contribution in [2.75, 3.05) is 0 Å². The maximum Gasteiger partial charge on any atom is 0.276 e. The number of nitrogens with one attached hydrogen (secondary N) is 1. The summed E-state index contributed by atoms with van der Waals surface area (Å²) in [4.78, 5) is 28.1. The monoisotopic (exact) mass is 426 g/mol. The van der Waals surface area contributed by atoms with Gasteiger partial charge in [-0.25, -0.2) is 0 Å². The van der Waals surface area contributed by atoms with E-state index in [0.29, 0.717) is 17.1 Å². The fourth-order valence-corrected chi connectivity index (χ4v) is 3.76. The van der Waals surface area contributed by atoms with Crippen LogP contribution in [0.25, 0.3) is 0 Å². The van der Waals surface area contributed by atoms with Crippen molar-refractivity contribution >= 4 is 34.9 Å². The highest BCUT2D eigenvalue weighted by molar-refractivity contribution is 7.03. The highest BCUT2D eigenvalue weighted by Crippen LogP contribution is 2.36. The van der Waals surface area contributed by atoms with Gasteiger partial charge in [-0.2, -0.15) is 0 Å². The van der Waals surface area contributed by atoms with Crippen molar-refractivity contribution in [1.82, 2.24) is 19.8 Å². The minimum Gasteiger partial charge on any atom is -0.350 e. The second-order valence-corrected chi connectivity index (χ2v) is 7.94. The van der Waals surface area contributed by atoms with Gasteiger partial charge in [-0.15, -0.1) is 5.10 Å². The molecule has 0 saturated heterocycles. The summed E-state index contributed by atoms with van der Waals surface area (Å²) >= 11 is 7.15. The third-order valence-corrected chi connectivity index (χ3v) is 5.53. The molecule has 0 bridgehead atoms. The molecule has 0 unspecified atom stereocenters. The fourth-order valence-electron chi connectivity index (χ4n) is 3.20. The van der Waals surface area contributed by atoms with Crippen LogP contribution < -0.4 is 5.32 Å². The fraction of sp³-hybridized carbons (Fsp3) is 0.238. The summed E-state index contributed by atoms with van der Waals surface area (Å²) in [6, 6.07) is 15.9. The first-order valence-electron chi connectivity index (χ1n) is 9.30. The minimum atomic E-state index is -0.766. The van der Waals surface area contributed by atoms with Crippen molar-refractivity contribution in [1.29, 1.82) is 0 Å². The number of aromatic nitrogens is 2. The van der Waals surface area contributed by atoms with Crippen molar-refractivity contribution in [3.63, 3.8) is 0 Å². The molecule has 8 heteroatoms. The third kappa shape index (κ3) is 4.63. The molecule has 1 aliphatic rings. The molecule has 2 aromatic carbocycles. The number of amides is 2. The van der Waals surface area contributed by atoms with Gasteiger partial charge in [0.1, 0.15) is 6.04 Å². The molecule has 1 saturated carbocycles. The number of carbonyl (C=O) groups excluding carboxylic acids is 2. The van der Waals surface area contributed by atoms with E-state index in [0.717, 1.165) is 29.9 Å². The lowest BCUT2D eigenvalue weighted by atomic mass is 10.0. The van der Waals surface area contributed by atoms with E-state index in [4.69, 9.17) is 11.6 Å². The summed E-state index contributed by atoms with van der Waals surface area (Å²) in [6.07, 6.45) is 1.72. The molecule has 1 aliphatic carbocycles. The first-order chi connectivity index (χ1) is 14.1. The van der Waals surface area contributed by atoms with E-state index in [1.807, 2.05) is 30.3 Å². The highest BCUT2D eigenvalue weighted by Gasteiger charge is 2.42. The van der Waals surface area contributed by atoms with Gasteiger partial charge in [-0.05, 0) is 47.6 Å². The second-order valence-electron chi connectivity index (χ2n) is 6.89. The van der Waals surface area contributed by atoms with E-state index in [-0.39, 0.29) is 23.6 Å². The molecule has 6 nitrogen and oxygen atoms in total. The van der Waals surface area contributed by atoms with E-state index in [2.05, 4.69) is 14.9 Å². The molecule has 1 fully saturated rings. The Hall–Kier alpha value is -2.77. The Morgan fingerprint density at radius 2 is 1.86 bits per heavy atom. The van der Waals surface area contributed by atoms with Gasteiger partial charge in [-0.1, -0.05) is 58.6 Å². The van der Waals surface area contributed by atoms with Crippen LogP contribution in [0.3, 0.4) is 0 Å². The Balaban J connectivity index is 1.64. The normalized spacial score (nSPS) is 14.2. The van der Waals surface area contributed by atoms with Crippen LogP contribution in [0.2, 0.25) is 5.02 Å². The number of benzene rings is 2. The van der Waals surface area contributed by atoms with Gasteiger partial charge in [0.2, 0.25) is 5.91 Å². The van der Waals surface area contributed by atoms with E-state index >= 15 is 0 Å². The zero-order valence-electron chi connectivity index (χ0n) is 15.5. The molecule has 0 aliphatic heterocycles. The Morgan fingerprint density at radius 3 is 2.48 bits per heavy atom. The number of rotatable bonds is 7. The Labute approximate surface area is 177 Å². The average Bonchev–Trinajstić information content (AvgIpc) is 3.43. The number of hydrogen-bond donors (Lipinski definition) is 1. The number of carbonyl (C=O) groups is 2. The molecule has 1 heterocycles. The molecule has 29 heavy (non-hydrogen) atoms. The van der Waals surface area contributed by atoms with Crippen LogP contribution in [0.1, 0.15) is 40.5 Å². The highest BCUT2D eigenvalue weighted by atomic mass is 35.5. The average molecular weight is 427 g/mol. The summed E-state index contributed by atoms with van der Waals surface area (Å²) in [6.45, 7) is 0.384. The Kier molecular flexibility index (Phi) is 5.87. The van der Waals surface area contributed by atoms with Gasteiger partial charge in [0, 0.05) is 23.0 Å². The molecule has 0 radical (unpaired) electrons. The molecule has 1 N–H and O–H groups in total. The van der Waals surface area contributed by atoms with Crippen LogP contribution in [0, 0.1) is 0 Å². The van der Waals surface area contributed by atoms with Crippen LogP contribution in [-0.4, -0.2) is 32.3 Å². The SMILES string of the molecule is O=C(NCc1ccccc1)[C@H](c1ccc(Cl)cc1)N(C(=O)c1csnn1)C1CC1. The smallest absolute Gasteiger partial charge is 0.276 e. The lowest BCUT2D eigenvalue weighted by Gasteiger charge is -2.31. The van der Waals surface area contributed by atoms with Gasteiger partial charge in [-0.3, -0.25) is 9.59 Å². The summed E-state index contributed by atoms with van der Waals surface area (Å²) in [7, 11) is 0. The van der Waals surface area contributed by atoms with Crippen molar-refractivity contribution in [2.45, 2.75) is 31.5 Å². The summed E-state index contributed by atoms with van der Waals surface area (Å²) in [5.41, 5.74) is 1.96. The number of nitrogens with zero attached hydrogens (tertiary/aromatic N) is 3. The predicted octanol–water partition coefficient (Wildman–Crippen LogP) is 3.85. The van der Waals surface area contributed by atoms with Crippen molar-refractivity contribution in [2.24, 2.45) is 0 Å². The molecular weight excluding hydrogens is 408 g/mol. The van der Waals surface area contributed by atoms with Crippen LogP contribution in [-0.2, 0) is 11.3 Å². The van der Waals surface area contributed by atoms with Crippen LogP contribution in [0.5, 0.6) is 0 Å². The standard InChI is InChI=1S/C21H19ClN4O2S/c22-16-8-6-15(7-9-16)19(20(27)23-12-14-4-2-1-3-5-14)26(17-10-11-17)21(28)18-13-29-25-24-18/h1-9,13,17,19H,10-12H2,(H,23,27)/t19-/m0/s1. The lowest BCUT2D eigenvalue weighted by molar-refractivity contribution is -0.126. The lowest BCUT2D eigenvalue weighted by Crippen LogP contribution is -2.45. The summed E-state index contributed by atoms with van der Waals surface area (Å²) in [5, 5.41) is 9.07. The molecule has 0 spiro atoms. The maximum atomic E-state index is 13.3. The molecule has 3 aromatic rings. The second kappa shape index (κ2) is 8.71. The largest absolute Gasteiger partial charge is 0.350 e. The van der Waals surface area contributed by atoms with Gasteiger partial charge < -0.3 is 10.2 Å². The maximum absolute atomic E-state index is 13.3. The summed E-state index contributed by atoms with van der Waals surface area (Å²) in [5.74, 6) is -0.518. The van der Waals surface area contributed by atoms with Gasteiger partial charge in [0.25, 0.3) is 5.91 Å². The van der Waals surface area contributed by atoms with E-state index in [1.165, 1.54) is 0 Å². The zero-order valence-corrected chi connectivity index (χ0v) is 17.1. The van der Waals surface area contributed by atoms with Crippen molar-refractivity contribution < 1.29 is 9.59 Å². The molecule has 1 atom stereocenters. The topological polar surface area (TPSA) is 75.2 Å². The summed E-state index contributed by atoms with van der Waals surface area (Å²) < 4.78 is 3.80. The molecule has 148 valence electrons. The predicted molar refractivity (Wildman–Crippen MR) is 112 cm³/mol.